The van der Waals surface area contributed by atoms with Crippen molar-refractivity contribution in [3.63, 3.8) is 0 Å². The number of carbonyl (C=O) groups excluding carboxylic acids is 1. The Morgan fingerprint density at radius 3 is 2.73 bits per heavy atom. The minimum absolute atomic E-state index is 0. The van der Waals surface area contributed by atoms with E-state index in [1.54, 1.807) is 23.0 Å². The molecule has 1 fully saturated rings. The van der Waals surface area contributed by atoms with Crippen molar-refractivity contribution >= 4 is 18.3 Å². The van der Waals surface area contributed by atoms with Crippen molar-refractivity contribution < 1.29 is 4.79 Å². The predicted molar refractivity (Wildman–Crippen MR) is 96.3 cm³/mol. The summed E-state index contributed by atoms with van der Waals surface area (Å²) in [6.45, 7) is 2.11. The molecule has 0 bridgehead atoms. The lowest BCUT2D eigenvalue weighted by Crippen LogP contribution is -2.49. The predicted octanol–water partition coefficient (Wildman–Crippen LogP) is 0.604. The van der Waals surface area contributed by atoms with E-state index in [1.807, 2.05) is 34.8 Å². The van der Waals surface area contributed by atoms with Crippen LogP contribution >= 0.6 is 12.4 Å². The van der Waals surface area contributed by atoms with Crippen LogP contribution in [-0.4, -0.2) is 60.2 Å². The Morgan fingerprint density at radius 1 is 1.27 bits per heavy atom. The first kappa shape index (κ1) is 18.0. The zero-order valence-corrected chi connectivity index (χ0v) is 15.0. The van der Waals surface area contributed by atoms with Gasteiger partial charge in [0.2, 0.25) is 0 Å². The van der Waals surface area contributed by atoms with E-state index >= 15 is 0 Å². The standard InChI is InChI=1S/C16H18N8O.ClH/c1-22-8-7-18-15(22)14-10-17-6-9-23(14)16(25)12-2-4-13(5-3-12)24-11-19-20-21-24;/h2-5,7-8,11,14,17H,6,9-10H2,1H3;1H. The summed E-state index contributed by atoms with van der Waals surface area (Å²) >= 11 is 0. The van der Waals surface area contributed by atoms with E-state index in [2.05, 4.69) is 25.8 Å². The molecule has 3 heterocycles. The van der Waals surface area contributed by atoms with Gasteiger partial charge in [0.1, 0.15) is 18.2 Å². The van der Waals surface area contributed by atoms with Crippen molar-refractivity contribution in [1.82, 2.24) is 40.0 Å². The maximum atomic E-state index is 13.0. The van der Waals surface area contributed by atoms with E-state index in [4.69, 9.17) is 0 Å². The van der Waals surface area contributed by atoms with E-state index in [0.29, 0.717) is 18.7 Å². The summed E-state index contributed by atoms with van der Waals surface area (Å²) in [5, 5.41) is 14.4. The largest absolute Gasteiger partial charge is 0.336 e. The van der Waals surface area contributed by atoms with E-state index < -0.39 is 0 Å². The minimum Gasteiger partial charge on any atom is -0.336 e. The lowest BCUT2D eigenvalue weighted by Gasteiger charge is -2.35. The molecule has 1 N–H and O–H groups in total. The summed E-state index contributed by atoms with van der Waals surface area (Å²) in [5.74, 6) is 0.878. The molecule has 0 aliphatic carbocycles. The van der Waals surface area contributed by atoms with Gasteiger partial charge in [-0.2, -0.15) is 0 Å². The van der Waals surface area contributed by atoms with Crippen molar-refractivity contribution in [3.05, 3.63) is 54.4 Å². The van der Waals surface area contributed by atoms with E-state index in [-0.39, 0.29) is 24.4 Å². The number of hydrogen-bond donors (Lipinski definition) is 1. The Hall–Kier alpha value is -2.78. The highest BCUT2D eigenvalue weighted by molar-refractivity contribution is 5.94. The number of hydrogen-bond acceptors (Lipinski definition) is 6. The summed E-state index contributed by atoms with van der Waals surface area (Å²) in [6.07, 6.45) is 5.17. The molecule has 1 atom stereocenters. The SMILES string of the molecule is Cl.Cn1ccnc1C1CNCCN1C(=O)c1ccc(-n2cnnn2)cc1. The van der Waals surface area contributed by atoms with Gasteiger partial charge in [0.25, 0.3) is 5.91 Å². The average Bonchev–Trinajstić information content (AvgIpc) is 3.33. The highest BCUT2D eigenvalue weighted by Gasteiger charge is 2.30. The summed E-state index contributed by atoms with van der Waals surface area (Å²) in [7, 11) is 1.94. The number of rotatable bonds is 3. The second-order valence-corrected chi connectivity index (χ2v) is 5.92. The molecule has 0 radical (unpaired) electrons. The summed E-state index contributed by atoms with van der Waals surface area (Å²) in [6, 6.07) is 7.19. The lowest BCUT2D eigenvalue weighted by atomic mass is 10.1. The quantitative estimate of drug-likeness (QED) is 0.721. The molecule has 2 aromatic heterocycles. The van der Waals surface area contributed by atoms with Crippen molar-refractivity contribution in [2.45, 2.75) is 6.04 Å². The molecule has 1 aliphatic rings. The molecular weight excluding hydrogens is 356 g/mol. The Kier molecular flexibility index (Phi) is 5.29. The van der Waals surface area contributed by atoms with Crippen LogP contribution < -0.4 is 5.32 Å². The molecule has 1 unspecified atom stereocenters. The first-order chi connectivity index (χ1) is 12.2. The van der Waals surface area contributed by atoms with Crippen LogP contribution in [0.15, 0.2) is 43.0 Å². The second-order valence-electron chi connectivity index (χ2n) is 5.92. The van der Waals surface area contributed by atoms with E-state index in [0.717, 1.165) is 18.1 Å². The number of tetrazole rings is 1. The molecule has 0 spiro atoms. The van der Waals surface area contributed by atoms with Gasteiger partial charge in [-0.1, -0.05) is 0 Å². The topological polar surface area (TPSA) is 93.8 Å². The maximum Gasteiger partial charge on any atom is 0.254 e. The fourth-order valence-electron chi connectivity index (χ4n) is 3.08. The summed E-state index contributed by atoms with van der Waals surface area (Å²) < 4.78 is 3.51. The monoisotopic (exact) mass is 374 g/mol. The summed E-state index contributed by atoms with van der Waals surface area (Å²) in [5.41, 5.74) is 1.44. The van der Waals surface area contributed by atoms with Crippen LogP contribution in [0.3, 0.4) is 0 Å². The third-order valence-corrected chi connectivity index (χ3v) is 4.39. The van der Waals surface area contributed by atoms with Gasteiger partial charge in [-0.25, -0.2) is 9.67 Å². The van der Waals surface area contributed by atoms with Gasteiger partial charge in [-0.3, -0.25) is 4.79 Å². The average molecular weight is 375 g/mol. The molecule has 9 nitrogen and oxygen atoms in total. The molecule has 1 aromatic carbocycles. The van der Waals surface area contributed by atoms with Gasteiger partial charge in [0, 0.05) is 44.6 Å². The van der Waals surface area contributed by atoms with Crippen molar-refractivity contribution in [3.8, 4) is 5.69 Å². The van der Waals surface area contributed by atoms with Crippen molar-refractivity contribution in [1.29, 1.82) is 0 Å². The van der Waals surface area contributed by atoms with Gasteiger partial charge in [-0.15, -0.1) is 17.5 Å². The molecule has 4 rings (SSSR count). The van der Waals surface area contributed by atoms with Crippen molar-refractivity contribution in [2.75, 3.05) is 19.6 Å². The Labute approximate surface area is 156 Å². The molecule has 26 heavy (non-hydrogen) atoms. The Morgan fingerprint density at radius 2 is 2.08 bits per heavy atom. The zero-order valence-electron chi connectivity index (χ0n) is 14.2. The normalized spacial score (nSPS) is 17.0. The second kappa shape index (κ2) is 7.63. The number of halogens is 1. The highest BCUT2D eigenvalue weighted by atomic mass is 35.5. The fourth-order valence-corrected chi connectivity index (χ4v) is 3.08. The van der Waals surface area contributed by atoms with Gasteiger partial charge in [0.05, 0.1) is 5.69 Å². The van der Waals surface area contributed by atoms with Crippen LogP contribution in [0.1, 0.15) is 22.2 Å². The van der Waals surface area contributed by atoms with Gasteiger partial charge in [0.15, 0.2) is 0 Å². The van der Waals surface area contributed by atoms with E-state index in [1.165, 1.54) is 6.33 Å². The number of carbonyl (C=O) groups is 1. The Bertz CT molecular complexity index is 861. The lowest BCUT2D eigenvalue weighted by molar-refractivity contribution is 0.0621. The Balaban J connectivity index is 0.00000196. The number of imidazole rings is 1. The molecule has 1 saturated heterocycles. The van der Waals surface area contributed by atoms with Gasteiger partial charge >= 0.3 is 0 Å². The third-order valence-electron chi connectivity index (χ3n) is 4.39. The zero-order chi connectivity index (χ0) is 17.2. The molecule has 136 valence electrons. The molecule has 3 aromatic rings. The molecule has 0 saturated carbocycles. The molecule has 1 amide bonds. The molecule has 10 heteroatoms. The van der Waals surface area contributed by atoms with Crippen LogP contribution in [0.2, 0.25) is 0 Å². The molecule has 1 aliphatic heterocycles. The number of piperazine rings is 1. The van der Waals surface area contributed by atoms with E-state index in [9.17, 15) is 4.79 Å². The van der Waals surface area contributed by atoms with Crippen molar-refractivity contribution in [2.24, 2.45) is 7.05 Å². The van der Waals surface area contributed by atoms with Crippen LogP contribution in [-0.2, 0) is 7.05 Å². The highest BCUT2D eigenvalue weighted by Crippen LogP contribution is 2.23. The minimum atomic E-state index is -0.0829. The number of aromatic nitrogens is 6. The van der Waals surface area contributed by atoms with Gasteiger partial charge in [-0.05, 0) is 34.7 Å². The number of amides is 1. The maximum absolute atomic E-state index is 13.0. The molecular formula is C16H19ClN8O. The number of nitrogens with zero attached hydrogens (tertiary/aromatic N) is 7. The third kappa shape index (κ3) is 3.31. The van der Waals surface area contributed by atoms with Crippen LogP contribution in [0, 0.1) is 0 Å². The summed E-state index contributed by atoms with van der Waals surface area (Å²) in [4.78, 5) is 19.3. The number of aryl methyl sites for hydroxylation is 1. The number of benzene rings is 1. The smallest absolute Gasteiger partial charge is 0.254 e. The van der Waals surface area contributed by atoms with Crippen LogP contribution in [0.5, 0.6) is 0 Å². The number of nitrogens with one attached hydrogen (secondary N) is 1. The van der Waals surface area contributed by atoms with Crippen LogP contribution in [0.4, 0.5) is 0 Å². The first-order valence-corrected chi connectivity index (χ1v) is 8.06. The van der Waals surface area contributed by atoms with Gasteiger partial charge < -0.3 is 14.8 Å². The van der Waals surface area contributed by atoms with Crippen LogP contribution in [0.25, 0.3) is 5.69 Å². The fraction of sp³-hybridized carbons (Fsp3) is 0.312. The first-order valence-electron chi connectivity index (χ1n) is 8.06.